The van der Waals surface area contributed by atoms with Gasteiger partial charge in [-0.3, -0.25) is 14.4 Å². The van der Waals surface area contributed by atoms with E-state index in [-0.39, 0.29) is 11.9 Å². The number of hydrogen-bond acceptors (Lipinski definition) is 5. The minimum absolute atomic E-state index is 0.336. The van der Waals surface area contributed by atoms with Crippen LogP contribution >= 0.6 is 0 Å². The Morgan fingerprint density at radius 3 is 3.06 bits per heavy atom. The van der Waals surface area contributed by atoms with Crippen LogP contribution < -0.4 is 11.5 Å². The van der Waals surface area contributed by atoms with Crippen molar-refractivity contribution in [2.75, 3.05) is 32.0 Å². The Bertz CT molecular complexity index is 392. The summed E-state index contributed by atoms with van der Waals surface area (Å²) < 4.78 is 7.00. The molecule has 0 radical (unpaired) electrons. The van der Waals surface area contributed by atoms with Crippen molar-refractivity contribution >= 4 is 11.6 Å². The molecule has 94 valence electrons. The summed E-state index contributed by atoms with van der Waals surface area (Å²) >= 11 is 0. The van der Waals surface area contributed by atoms with E-state index >= 15 is 0 Å². The molecule has 1 fully saturated rings. The monoisotopic (exact) mass is 239 g/mol. The lowest BCUT2D eigenvalue weighted by atomic mass is 10.2. The van der Waals surface area contributed by atoms with Crippen molar-refractivity contribution in [1.82, 2.24) is 14.7 Å². The lowest BCUT2D eigenvalue weighted by Gasteiger charge is -2.33. The minimum Gasteiger partial charge on any atom is -0.396 e. The maximum Gasteiger partial charge on any atom is 0.237 e. The van der Waals surface area contributed by atoms with Gasteiger partial charge in [0.25, 0.3) is 0 Å². The first-order valence-corrected chi connectivity index (χ1v) is 5.56. The summed E-state index contributed by atoms with van der Waals surface area (Å²) in [7, 11) is 0. The number of nitrogens with zero attached hydrogens (tertiary/aromatic N) is 3. The molecule has 7 heteroatoms. The van der Waals surface area contributed by atoms with Gasteiger partial charge in [0.15, 0.2) is 0 Å². The van der Waals surface area contributed by atoms with Crippen LogP contribution in [0.2, 0.25) is 0 Å². The molecule has 1 aliphatic rings. The van der Waals surface area contributed by atoms with E-state index < -0.39 is 0 Å². The van der Waals surface area contributed by atoms with Gasteiger partial charge in [-0.1, -0.05) is 0 Å². The maximum atomic E-state index is 11.2. The van der Waals surface area contributed by atoms with E-state index in [1.165, 1.54) is 0 Å². The molecule has 0 saturated carbocycles. The molecule has 2 heterocycles. The van der Waals surface area contributed by atoms with Gasteiger partial charge in [0.1, 0.15) is 6.04 Å². The SMILES string of the molecule is NC(=O)C1COCCN1CCn1cc(N)cn1. The van der Waals surface area contributed by atoms with Gasteiger partial charge in [-0.25, -0.2) is 0 Å². The highest BCUT2D eigenvalue weighted by molar-refractivity contribution is 5.80. The van der Waals surface area contributed by atoms with Gasteiger partial charge in [0, 0.05) is 19.3 Å². The first kappa shape index (κ1) is 11.9. The highest BCUT2D eigenvalue weighted by Crippen LogP contribution is 2.07. The number of ether oxygens (including phenoxy) is 1. The van der Waals surface area contributed by atoms with Gasteiger partial charge in [0.05, 0.1) is 31.6 Å². The molecule has 1 aromatic rings. The van der Waals surface area contributed by atoms with Crippen molar-refractivity contribution in [1.29, 1.82) is 0 Å². The maximum absolute atomic E-state index is 11.2. The van der Waals surface area contributed by atoms with E-state index in [9.17, 15) is 4.79 Å². The molecule has 0 bridgehead atoms. The molecule has 2 rings (SSSR count). The molecule has 1 unspecified atom stereocenters. The lowest BCUT2D eigenvalue weighted by molar-refractivity contribution is -0.129. The number of nitrogens with two attached hydrogens (primary N) is 2. The van der Waals surface area contributed by atoms with Gasteiger partial charge in [-0.05, 0) is 0 Å². The quantitative estimate of drug-likeness (QED) is 0.677. The van der Waals surface area contributed by atoms with Crippen LogP contribution in [0.3, 0.4) is 0 Å². The fourth-order valence-corrected chi connectivity index (χ4v) is 1.90. The molecule has 1 aliphatic heterocycles. The predicted molar refractivity (Wildman–Crippen MR) is 62.0 cm³/mol. The molecule has 17 heavy (non-hydrogen) atoms. The van der Waals surface area contributed by atoms with Crippen molar-refractivity contribution in [3.05, 3.63) is 12.4 Å². The van der Waals surface area contributed by atoms with Gasteiger partial charge in [-0.15, -0.1) is 0 Å². The molecule has 1 saturated heterocycles. The first-order valence-electron chi connectivity index (χ1n) is 5.56. The van der Waals surface area contributed by atoms with Crippen molar-refractivity contribution in [2.45, 2.75) is 12.6 Å². The third-order valence-electron chi connectivity index (χ3n) is 2.84. The van der Waals surface area contributed by atoms with Crippen molar-refractivity contribution < 1.29 is 9.53 Å². The summed E-state index contributed by atoms with van der Waals surface area (Å²) in [6.45, 7) is 3.10. The lowest BCUT2D eigenvalue weighted by Crippen LogP contribution is -2.53. The Hall–Kier alpha value is -1.60. The molecule has 0 aromatic carbocycles. The van der Waals surface area contributed by atoms with Gasteiger partial charge >= 0.3 is 0 Å². The Morgan fingerprint density at radius 2 is 2.41 bits per heavy atom. The largest absolute Gasteiger partial charge is 0.396 e. The fourth-order valence-electron chi connectivity index (χ4n) is 1.90. The molecule has 4 N–H and O–H groups in total. The molecular formula is C10H17N5O2. The predicted octanol–water partition coefficient (Wildman–Crippen LogP) is -1.35. The number of hydrogen-bond donors (Lipinski definition) is 2. The zero-order valence-electron chi connectivity index (χ0n) is 9.58. The molecule has 0 spiro atoms. The Labute approximate surface area is 99.3 Å². The fraction of sp³-hybridized carbons (Fsp3) is 0.600. The number of carbonyl (C=O) groups excluding carboxylic acids is 1. The summed E-state index contributed by atoms with van der Waals surface area (Å²) in [5.41, 5.74) is 11.5. The highest BCUT2D eigenvalue weighted by atomic mass is 16.5. The van der Waals surface area contributed by atoms with E-state index in [1.807, 2.05) is 4.90 Å². The molecule has 1 amide bonds. The van der Waals surface area contributed by atoms with Crippen molar-refractivity contribution in [2.24, 2.45) is 5.73 Å². The van der Waals surface area contributed by atoms with E-state index in [4.69, 9.17) is 16.2 Å². The van der Waals surface area contributed by atoms with E-state index in [0.29, 0.717) is 38.5 Å². The number of aromatic nitrogens is 2. The first-order chi connectivity index (χ1) is 8.16. The number of morpholine rings is 1. The second-order valence-corrected chi connectivity index (χ2v) is 4.07. The zero-order valence-corrected chi connectivity index (χ0v) is 9.58. The summed E-state index contributed by atoms with van der Waals surface area (Å²) in [6.07, 6.45) is 3.37. The molecule has 1 atom stereocenters. The summed E-state index contributed by atoms with van der Waals surface area (Å²) in [5.74, 6) is -0.343. The average molecular weight is 239 g/mol. The summed E-state index contributed by atoms with van der Waals surface area (Å²) in [6, 6.07) is -0.336. The van der Waals surface area contributed by atoms with Gasteiger partial charge < -0.3 is 16.2 Å². The number of carbonyl (C=O) groups is 1. The third-order valence-corrected chi connectivity index (χ3v) is 2.84. The molecule has 7 nitrogen and oxygen atoms in total. The van der Waals surface area contributed by atoms with E-state index in [1.54, 1.807) is 17.1 Å². The normalized spacial score (nSPS) is 21.5. The number of rotatable bonds is 4. The van der Waals surface area contributed by atoms with Crippen LogP contribution in [-0.4, -0.2) is 52.9 Å². The highest BCUT2D eigenvalue weighted by Gasteiger charge is 2.27. The summed E-state index contributed by atoms with van der Waals surface area (Å²) in [5, 5.41) is 4.09. The van der Waals surface area contributed by atoms with Crippen LogP contribution in [-0.2, 0) is 16.1 Å². The summed E-state index contributed by atoms with van der Waals surface area (Å²) in [4.78, 5) is 13.3. The van der Waals surface area contributed by atoms with Crippen LogP contribution in [0.25, 0.3) is 0 Å². The Morgan fingerprint density at radius 1 is 1.59 bits per heavy atom. The van der Waals surface area contributed by atoms with Crippen molar-refractivity contribution in [3.63, 3.8) is 0 Å². The number of anilines is 1. The third kappa shape index (κ3) is 2.95. The average Bonchev–Trinajstić information content (AvgIpc) is 2.73. The number of amides is 1. The topological polar surface area (TPSA) is 99.4 Å². The van der Waals surface area contributed by atoms with E-state index in [2.05, 4.69) is 5.10 Å². The van der Waals surface area contributed by atoms with Crippen LogP contribution in [0.15, 0.2) is 12.4 Å². The van der Waals surface area contributed by atoms with Crippen molar-refractivity contribution in [3.8, 4) is 0 Å². The zero-order chi connectivity index (χ0) is 12.3. The van der Waals surface area contributed by atoms with Gasteiger partial charge in [0.2, 0.25) is 5.91 Å². The smallest absolute Gasteiger partial charge is 0.237 e. The number of primary amides is 1. The van der Waals surface area contributed by atoms with Crippen LogP contribution in [0.5, 0.6) is 0 Å². The minimum atomic E-state index is -0.343. The molecular weight excluding hydrogens is 222 g/mol. The van der Waals surface area contributed by atoms with Crippen LogP contribution in [0.4, 0.5) is 5.69 Å². The Kier molecular flexibility index (Phi) is 3.60. The van der Waals surface area contributed by atoms with Gasteiger partial charge in [-0.2, -0.15) is 5.10 Å². The van der Waals surface area contributed by atoms with E-state index in [0.717, 1.165) is 0 Å². The second kappa shape index (κ2) is 5.15. The second-order valence-electron chi connectivity index (χ2n) is 4.07. The van der Waals surface area contributed by atoms with Crippen LogP contribution in [0, 0.1) is 0 Å². The molecule has 1 aromatic heterocycles. The Balaban J connectivity index is 1.90. The standard InChI is InChI=1S/C10H17N5O2/c11-8-5-13-15(6-8)2-1-14-3-4-17-7-9(14)10(12)16/h5-6,9H,1-4,7,11H2,(H2,12,16). The molecule has 0 aliphatic carbocycles. The number of nitrogen functional groups attached to an aromatic ring is 1. The van der Waals surface area contributed by atoms with Crippen LogP contribution in [0.1, 0.15) is 0 Å².